The second-order valence-electron chi connectivity index (χ2n) is 6.71. The summed E-state index contributed by atoms with van der Waals surface area (Å²) in [5.74, 6) is 0.311. The van der Waals surface area contributed by atoms with E-state index in [-0.39, 0.29) is 29.7 Å². The monoisotopic (exact) mass is 288 g/mol. The number of rotatable bonds is 5. The van der Waals surface area contributed by atoms with Crippen LogP contribution in [0.1, 0.15) is 32.8 Å². The van der Waals surface area contributed by atoms with Crippen molar-refractivity contribution in [2.45, 2.75) is 39.7 Å². The molecular formula is C17H24N2O2. The van der Waals surface area contributed by atoms with Gasteiger partial charge in [-0.15, -0.1) is 0 Å². The van der Waals surface area contributed by atoms with Gasteiger partial charge < -0.3 is 10.5 Å². The second kappa shape index (κ2) is 6.29. The van der Waals surface area contributed by atoms with Crippen molar-refractivity contribution in [1.82, 2.24) is 0 Å². The van der Waals surface area contributed by atoms with E-state index in [1.54, 1.807) is 0 Å². The van der Waals surface area contributed by atoms with Crippen molar-refractivity contribution in [3.8, 4) is 0 Å². The quantitative estimate of drug-likeness (QED) is 0.905. The number of hydrogen-bond donors (Lipinski definition) is 1. The Morgan fingerprint density at radius 2 is 2.05 bits per heavy atom. The van der Waals surface area contributed by atoms with Crippen LogP contribution < -0.4 is 5.73 Å². The van der Waals surface area contributed by atoms with Crippen LogP contribution in [0.5, 0.6) is 0 Å². The zero-order valence-electron chi connectivity index (χ0n) is 13.0. The van der Waals surface area contributed by atoms with Crippen LogP contribution in [0.3, 0.4) is 0 Å². The van der Waals surface area contributed by atoms with Gasteiger partial charge in [-0.25, -0.2) is 4.99 Å². The molecule has 0 radical (unpaired) electrons. The first-order valence-electron chi connectivity index (χ1n) is 7.39. The molecule has 0 bridgehead atoms. The highest BCUT2D eigenvalue weighted by Crippen LogP contribution is 2.32. The summed E-state index contributed by atoms with van der Waals surface area (Å²) in [6, 6.07) is 10.4. The van der Waals surface area contributed by atoms with Gasteiger partial charge in [-0.2, -0.15) is 0 Å². The molecule has 1 amide bonds. The molecule has 0 fully saturated rings. The predicted octanol–water partition coefficient (Wildman–Crippen LogP) is 2.56. The van der Waals surface area contributed by atoms with Crippen molar-refractivity contribution >= 4 is 11.8 Å². The summed E-state index contributed by atoms with van der Waals surface area (Å²) in [6.45, 7) is 6.82. The molecule has 4 nitrogen and oxygen atoms in total. The van der Waals surface area contributed by atoms with Gasteiger partial charge in [0.2, 0.25) is 5.91 Å². The molecule has 1 aromatic carbocycles. The molecule has 2 N–H and O–H groups in total. The zero-order chi connectivity index (χ0) is 15.5. The molecule has 1 aliphatic heterocycles. The Bertz CT molecular complexity index is 517. The molecule has 0 saturated carbocycles. The van der Waals surface area contributed by atoms with Crippen LogP contribution in [0.4, 0.5) is 0 Å². The lowest BCUT2D eigenvalue weighted by molar-refractivity contribution is -0.119. The first-order chi connectivity index (χ1) is 9.86. The van der Waals surface area contributed by atoms with Crippen molar-refractivity contribution in [3.05, 3.63) is 35.9 Å². The van der Waals surface area contributed by atoms with Crippen LogP contribution >= 0.6 is 0 Å². The molecule has 0 unspecified atom stereocenters. The number of benzene rings is 1. The molecule has 21 heavy (non-hydrogen) atoms. The molecule has 1 heterocycles. The van der Waals surface area contributed by atoms with E-state index in [9.17, 15) is 4.79 Å². The predicted molar refractivity (Wildman–Crippen MR) is 84.1 cm³/mol. The molecule has 2 atom stereocenters. The van der Waals surface area contributed by atoms with E-state index >= 15 is 0 Å². The molecule has 0 spiro atoms. The van der Waals surface area contributed by atoms with E-state index in [1.165, 1.54) is 5.56 Å². The van der Waals surface area contributed by atoms with E-state index in [0.29, 0.717) is 12.5 Å². The molecule has 2 rings (SSSR count). The third kappa shape index (κ3) is 4.31. The topological polar surface area (TPSA) is 64.7 Å². The fraction of sp³-hybridized carbons (Fsp3) is 0.529. The summed E-state index contributed by atoms with van der Waals surface area (Å²) in [7, 11) is 0. The average molecular weight is 288 g/mol. The fourth-order valence-electron chi connectivity index (χ4n) is 2.58. The van der Waals surface area contributed by atoms with Crippen LogP contribution in [0, 0.1) is 11.3 Å². The minimum Gasteiger partial charge on any atom is -0.478 e. The number of nitrogens with two attached hydrogens (primary N) is 1. The Morgan fingerprint density at radius 3 is 2.62 bits per heavy atom. The van der Waals surface area contributed by atoms with Gasteiger partial charge in [0.1, 0.15) is 6.61 Å². The molecule has 0 saturated heterocycles. The van der Waals surface area contributed by atoms with Gasteiger partial charge in [0.05, 0.1) is 6.04 Å². The Balaban J connectivity index is 2.09. The number of carbonyl (C=O) groups excluding carboxylic acids is 1. The number of hydrogen-bond acceptors (Lipinski definition) is 3. The van der Waals surface area contributed by atoms with Crippen molar-refractivity contribution in [1.29, 1.82) is 0 Å². The molecule has 4 heteroatoms. The van der Waals surface area contributed by atoms with Gasteiger partial charge in [0.25, 0.3) is 0 Å². The van der Waals surface area contributed by atoms with Crippen LogP contribution in [0.2, 0.25) is 0 Å². The number of nitrogens with zero attached hydrogens (tertiary/aromatic N) is 1. The number of carbonyl (C=O) groups is 1. The van der Waals surface area contributed by atoms with E-state index in [4.69, 9.17) is 10.5 Å². The van der Waals surface area contributed by atoms with Gasteiger partial charge in [0.15, 0.2) is 5.90 Å². The minimum absolute atomic E-state index is 0.0595. The smallest absolute Gasteiger partial charge is 0.218 e. The van der Waals surface area contributed by atoms with Crippen LogP contribution in [0.25, 0.3) is 0 Å². The van der Waals surface area contributed by atoms with E-state index < -0.39 is 0 Å². The molecule has 114 valence electrons. The fourth-order valence-corrected chi connectivity index (χ4v) is 2.58. The SMILES string of the molecule is CC(C)(C)[C@H](CC(N)=O)C1=N[C@H](Cc2ccccc2)CO1. The van der Waals surface area contributed by atoms with Gasteiger partial charge in [-0.3, -0.25) is 4.79 Å². The third-order valence-electron chi connectivity index (χ3n) is 3.80. The molecule has 1 aromatic rings. The Morgan fingerprint density at radius 1 is 1.38 bits per heavy atom. The first-order valence-corrected chi connectivity index (χ1v) is 7.39. The van der Waals surface area contributed by atoms with Crippen LogP contribution in [-0.2, 0) is 16.0 Å². The van der Waals surface area contributed by atoms with Crippen molar-refractivity contribution < 1.29 is 9.53 Å². The van der Waals surface area contributed by atoms with Gasteiger partial charge in [-0.05, 0) is 17.4 Å². The molecular weight excluding hydrogens is 264 g/mol. The van der Waals surface area contributed by atoms with Gasteiger partial charge in [-0.1, -0.05) is 51.1 Å². The third-order valence-corrected chi connectivity index (χ3v) is 3.80. The maximum Gasteiger partial charge on any atom is 0.218 e. The van der Waals surface area contributed by atoms with E-state index in [1.807, 2.05) is 18.2 Å². The van der Waals surface area contributed by atoms with Gasteiger partial charge in [0, 0.05) is 12.3 Å². The number of amides is 1. The highest BCUT2D eigenvalue weighted by Gasteiger charge is 2.35. The van der Waals surface area contributed by atoms with Crippen molar-refractivity contribution in [2.75, 3.05) is 6.61 Å². The van der Waals surface area contributed by atoms with E-state index in [0.717, 1.165) is 6.42 Å². The lowest BCUT2D eigenvalue weighted by Crippen LogP contribution is -2.33. The Hall–Kier alpha value is -1.84. The molecule has 1 aliphatic rings. The van der Waals surface area contributed by atoms with Crippen molar-refractivity contribution in [3.63, 3.8) is 0 Å². The number of ether oxygens (including phenoxy) is 1. The Labute approximate surface area is 126 Å². The number of aliphatic imine (C=N–C) groups is 1. The zero-order valence-corrected chi connectivity index (χ0v) is 13.0. The molecule has 0 aliphatic carbocycles. The lowest BCUT2D eigenvalue weighted by atomic mass is 9.78. The standard InChI is InChI=1S/C17H24N2O2/c1-17(2,3)14(10-15(18)20)16-19-13(11-21-16)9-12-7-5-4-6-8-12/h4-8,13-14H,9-11H2,1-3H3,(H2,18,20)/t13-,14-/m1/s1. The minimum atomic E-state index is -0.312. The van der Waals surface area contributed by atoms with Crippen LogP contribution in [-0.4, -0.2) is 24.5 Å². The maximum absolute atomic E-state index is 11.3. The maximum atomic E-state index is 11.3. The number of primary amides is 1. The van der Waals surface area contributed by atoms with E-state index in [2.05, 4.69) is 37.9 Å². The average Bonchev–Trinajstić information content (AvgIpc) is 2.84. The Kier molecular flexibility index (Phi) is 4.66. The van der Waals surface area contributed by atoms with Gasteiger partial charge >= 0.3 is 0 Å². The van der Waals surface area contributed by atoms with Crippen molar-refractivity contribution in [2.24, 2.45) is 22.1 Å². The summed E-state index contributed by atoms with van der Waals surface area (Å²) in [5, 5.41) is 0. The summed E-state index contributed by atoms with van der Waals surface area (Å²) in [6.07, 6.45) is 1.14. The highest BCUT2D eigenvalue weighted by atomic mass is 16.5. The summed E-state index contributed by atoms with van der Waals surface area (Å²) < 4.78 is 5.77. The highest BCUT2D eigenvalue weighted by molar-refractivity contribution is 5.86. The summed E-state index contributed by atoms with van der Waals surface area (Å²) in [5.41, 5.74) is 6.51. The molecule has 0 aromatic heterocycles. The second-order valence-corrected chi connectivity index (χ2v) is 6.71. The first kappa shape index (κ1) is 15.5. The lowest BCUT2D eigenvalue weighted by Gasteiger charge is -2.28. The van der Waals surface area contributed by atoms with Crippen LogP contribution in [0.15, 0.2) is 35.3 Å². The summed E-state index contributed by atoms with van der Waals surface area (Å²) in [4.78, 5) is 16.0. The summed E-state index contributed by atoms with van der Waals surface area (Å²) >= 11 is 0. The largest absolute Gasteiger partial charge is 0.478 e. The normalized spacial score (nSPS) is 19.8.